The largest absolute Gasteiger partial charge is 0.494 e. The number of thiazole rings is 1. The summed E-state index contributed by atoms with van der Waals surface area (Å²) in [6, 6.07) is 10.0. The van der Waals surface area contributed by atoms with Crippen LogP contribution in [0, 0.1) is 6.92 Å². The zero-order chi connectivity index (χ0) is 20.9. The van der Waals surface area contributed by atoms with Gasteiger partial charge in [0.1, 0.15) is 10.6 Å². The Morgan fingerprint density at radius 3 is 2.47 bits per heavy atom. The van der Waals surface area contributed by atoms with E-state index in [1.54, 1.807) is 18.5 Å². The van der Waals surface area contributed by atoms with Gasteiger partial charge in [-0.1, -0.05) is 12.1 Å². The second-order valence-electron chi connectivity index (χ2n) is 7.15. The Kier molecular flexibility index (Phi) is 6.35. The van der Waals surface area contributed by atoms with E-state index in [9.17, 15) is 4.79 Å². The number of aryl methyl sites for hydroxylation is 1. The molecular formula is C22H25N5O2S. The molecule has 2 aromatic heterocycles. The van der Waals surface area contributed by atoms with Crippen molar-refractivity contribution in [1.82, 2.24) is 24.8 Å². The van der Waals surface area contributed by atoms with Gasteiger partial charge in [0.05, 0.1) is 12.3 Å². The monoisotopic (exact) mass is 423 g/mol. The summed E-state index contributed by atoms with van der Waals surface area (Å²) < 4.78 is 5.50. The van der Waals surface area contributed by atoms with Crippen molar-refractivity contribution in [2.24, 2.45) is 0 Å². The first-order valence-electron chi connectivity index (χ1n) is 10.1. The number of amides is 1. The van der Waals surface area contributed by atoms with Crippen LogP contribution in [0.3, 0.4) is 0 Å². The van der Waals surface area contributed by atoms with Crippen molar-refractivity contribution in [2.45, 2.75) is 20.4 Å². The molecule has 156 valence electrons. The molecule has 3 aromatic rings. The van der Waals surface area contributed by atoms with Gasteiger partial charge in [-0.2, -0.15) is 0 Å². The maximum absolute atomic E-state index is 13.1. The summed E-state index contributed by atoms with van der Waals surface area (Å²) in [6.45, 7) is 8.54. The predicted molar refractivity (Wildman–Crippen MR) is 117 cm³/mol. The van der Waals surface area contributed by atoms with Crippen LogP contribution in [0.25, 0.3) is 10.8 Å². The number of ether oxygens (including phenoxy) is 1. The standard InChI is InChI=1S/C22H25N5O2S/c1-3-29-18-7-5-17(6-8-18)15-26-11-13-27(14-12-26)22(28)19-16(2)25-21(30-19)20-23-9-4-10-24-20/h4-10H,3,11-15H2,1-2H3. The molecule has 30 heavy (non-hydrogen) atoms. The maximum Gasteiger partial charge on any atom is 0.265 e. The topological polar surface area (TPSA) is 71.5 Å². The zero-order valence-electron chi connectivity index (χ0n) is 17.2. The molecule has 0 saturated carbocycles. The van der Waals surface area contributed by atoms with E-state index in [-0.39, 0.29) is 5.91 Å². The summed E-state index contributed by atoms with van der Waals surface area (Å²) in [6.07, 6.45) is 3.37. The smallest absolute Gasteiger partial charge is 0.265 e. The van der Waals surface area contributed by atoms with Crippen LogP contribution in [-0.4, -0.2) is 63.4 Å². The Morgan fingerprint density at radius 1 is 1.10 bits per heavy atom. The summed E-state index contributed by atoms with van der Waals surface area (Å²) in [5.74, 6) is 1.51. The van der Waals surface area contributed by atoms with Gasteiger partial charge in [-0.25, -0.2) is 15.0 Å². The van der Waals surface area contributed by atoms with Crippen molar-refractivity contribution in [3.8, 4) is 16.6 Å². The quantitative estimate of drug-likeness (QED) is 0.606. The number of benzene rings is 1. The van der Waals surface area contributed by atoms with E-state index in [1.807, 2.05) is 30.9 Å². The highest BCUT2D eigenvalue weighted by Crippen LogP contribution is 2.26. The van der Waals surface area contributed by atoms with Gasteiger partial charge >= 0.3 is 0 Å². The van der Waals surface area contributed by atoms with Crippen molar-refractivity contribution < 1.29 is 9.53 Å². The average molecular weight is 424 g/mol. The molecule has 1 amide bonds. The summed E-state index contributed by atoms with van der Waals surface area (Å²) in [5, 5.41) is 0.686. The van der Waals surface area contributed by atoms with Crippen molar-refractivity contribution in [3.05, 3.63) is 58.9 Å². The normalized spacial score (nSPS) is 14.7. The zero-order valence-corrected chi connectivity index (χ0v) is 18.1. The predicted octanol–water partition coefficient (Wildman–Crippen LogP) is 3.27. The lowest BCUT2D eigenvalue weighted by Gasteiger charge is -2.34. The van der Waals surface area contributed by atoms with Crippen molar-refractivity contribution in [3.63, 3.8) is 0 Å². The molecule has 1 aliphatic rings. The lowest BCUT2D eigenvalue weighted by molar-refractivity contribution is 0.0632. The Hall–Kier alpha value is -2.84. The minimum Gasteiger partial charge on any atom is -0.494 e. The maximum atomic E-state index is 13.1. The summed E-state index contributed by atoms with van der Waals surface area (Å²) >= 11 is 1.37. The number of carbonyl (C=O) groups is 1. The van der Waals surface area contributed by atoms with Crippen LogP contribution in [0.1, 0.15) is 27.9 Å². The number of hydrogen-bond donors (Lipinski definition) is 0. The van der Waals surface area contributed by atoms with E-state index in [0.717, 1.165) is 31.1 Å². The van der Waals surface area contributed by atoms with Crippen LogP contribution in [0.15, 0.2) is 42.7 Å². The van der Waals surface area contributed by atoms with Crippen molar-refractivity contribution in [1.29, 1.82) is 0 Å². The Bertz CT molecular complexity index is 983. The van der Waals surface area contributed by atoms with E-state index < -0.39 is 0 Å². The molecule has 3 heterocycles. The molecular weight excluding hydrogens is 398 g/mol. The van der Waals surface area contributed by atoms with Crippen molar-refractivity contribution >= 4 is 17.2 Å². The SMILES string of the molecule is CCOc1ccc(CN2CCN(C(=O)c3sc(-c4ncccn4)nc3C)CC2)cc1. The molecule has 0 unspecified atom stereocenters. The molecule has 0 spiro atoms. The number of nitrogens with zero attached hydrogens (tertiary/aromatic N) is 5. The molecule has 0 bridgehead atoms. The number of rotatable bonds is 6. The average Bonchev–Trinajstić information content (AvgIpc) is 3.18. The molecule has 0 N–H and O–H groups in total. The van der Waals surface area contributed by atoms with Gasteiger partial charge in [0.25, 0.3) is 5.91 Å². The van der Waals surface area contributed by atoms with E-state index in [0.29, 0.717) is 35.4 Å². The number of carbonyl (C=O) groups excluding carboxylic acids is 1. The third kappa shape index (κ3) is 4.66. The highest BCUT2D eigenvalue weighted by molar-refractivity contribution is 7.17. The third-order valence-electron chi connectivity index (χ3n) is 5.05. The molecule has 4 rings (SSSR count). The first kappa shape index (κ1) is 20.4. The number of piperazine rings is 1. The fourth-order valence-corrected chi connectivity index (χ4v) is 4.45. The van der Waals surface area contributed by atoms with Gasteiger partial charge in [0, 0.05) is 45.1 Å². The van der Waals surface area contributed by atoms with Gasteiger partial charge < -0.3 is 9.64 Å². The van der Waals surface area contributed by atoms with E-state index >= 15 is 0 Å². The fraction of sp³-hybridized carbons (Fsp3) is 0.364. The molecule has 1 aliphatic heterocycles. The van der Waals surface area contributed by atoms with Crippen LogP contribution in [-0.2, 0) is 6.54 Å². The molecule has 1 fully saturated rings. The van der Waals surface area contributed by atoms with Gasteiger partial charge in [-0.15, -0.1) is 11.3 Å². The van der Waals surface area contributed by atoms with Crippen LogP contribution in [0.4, 0.5) is 0 Å². The van der Waals surface area contributed by atoms with Gasteiger partial charge in [-0.3, -0.25) is 9.69 Å². The Morgan fingerprint density at radius 2 is 1.80 bits per heavy atom. The van der Waals surface area contributed by atoms with E-state index in [2.05, 4.69) is 32.0 Å². The summed E-state index contributed by atoms with van der Waals surface area (Å²) in [7, 11) is 0. The number of aromatic nitrogens is 3. The number of hydrogen-bond acceptors (Lipinski definition) is 7. The van der Waals surface area contributed by atoms with Gasteiger partial charge in [0.15, 0.2) is 10.8 Å². The Labute approximate surface area is 180 Å². The lowest BCUT2D eigenvalue weighted by atomic mass is 10.2. The minimum absolute atomic E-state index is 0.0490. The molecule has 1 saturated heterocycles. The van der Waals surface area contributed by atoms with Gasteiger partial charge in [0.2, 0.25) is 0 Å². The highest BCUT2D eigenvalue weighted by Gasteiger charge is 2.26. The van der Waals surface area contributed by atoms with Crippen LogP contribution in [0.5, 0.6) is 5.75 Å². The minimum atomic E-state index is 0.0490. The van der Waals surface area contributed by atoms with Crippen molar-refractivity contribution in [2.75, 3.05) is 32.8 Å². The van der Waals surface area contributed by atoms with Crippen LogP contribution >= 0.6 is 11.3 Å². The lowest BCUT2D eigenvalue weighted by Crippen LogP contribution is -2.48. The van der Waals surface area contributed by atoms with E-state index in [1.165, 1.54) is 16.9 Å². The first-order chi connectivity index (χ1) is 14.6. The summed E-state index contributed by atoms with van der Waals surface area (Å²) in [5.41, 5.74) is 1.99. The molecule has 1 aromatic carbocycles. The van der Waals surface area contributed by atoms with Gasteiger partial charge in [-0.05, 0) is 37.6 Å². The fourth-order valence-electron chi connectivity index (χ4n) is 3.47. The molecule has 8 heteroatoms. The Balaban J connectivity index is 1.35. The second kappa shape index (κ2) is 9.32. The molecule has 0 aliphatic carbocycles. The summed E-state index contributed by atoms with van der Waals surface area (Å²) in [4.78, 5) is 31.0. The van der Waals surface area contributed by atoms with Crippen LogP contribution in [0.2, 0.25) is 0 Å². The van der Waals surface area contributed by atoms with Crippen LogP contribution < -0.4 is 4.74 Å². The first-order valence-corrected chi connectivity index (χ1v) is 10.9. The second-order valence-corrected chi connectivity index (χ2v) is 8.15. The van der Waals surface area contributed by atoms with E-state index in [4.69, 9.17) is 4.74 Å². The molecule has 0 atom stereocenters. The molecule has 0 radical (unpaired) electrons. The molecule has 7 nitrogen and oxygen atoms in total. The third-order valence-corrected chi connectivity index (χ3v) is 6.19. The highest BCUT2D eigenvalue weighted by atomic mass is 32.1.